The van der Waals surface area contributed by atoms with E-state index < -0.39 is 0 Å². The molecular weight excluding hydrogens is 234 g/mol. The number of hydrogen-bond donors (Lipinski definition) is 1. The molecule has 0 aromatic carbocycles. The number of nitrogens with one attached hydrogen (secondary N) is 1. The molecule has 0 aromatic rings. The fraction of sp³-hybridized carbons (Fsp3) is 0.692. The Morgan fingerprint density at radius 2 is 1.67 bits per heavy atom. The number of carbonyl (C=O) groups excluding carboxylic acids is 2. The summed E-state index contributed by atoms with van der Waals surface area (Å²) >= 11 is 0. The lowest BCUT2D eigenvalue weighted by Gasteiger charge is -2.27. The first kappa shape index (κ1) is 14.5. The highest BCUT2D eigenvalue weighted by atomic mass is 16.5. The lowest BCUT2D eigenvalue weighted by Crippen LogP contribution is -2.26. The highest BCUT2D eigenvalue weighted by Crippen LogP contribution is 2.29. The van der Waals surface area contributed by atoms with E-state index in [2.05, 4.69) is 11.9 Å². The number of carbonyl (C=O) groups is 2. The molecule has 0 radical (unpaired) electrons. The number of hydrogen-bond acceptors (Lipinski definition) is 4. The van der Waals surface area contributed by atoms with E-state index in [9.17, 15) is 9.59 Å². The maximum Gasteiger partial charge on any atom is 0.406 e. The van der Waals surface area contributed by atoms with Crippen LogP contribution in [0.2, 0.25) is 0 Å². The van der Waals surface area contributed by atoms with Gasteiger partial charge >= 0.3 is 12.1 Å². The number of alkyl carbamates (subject to hydrolysis) is 1. The second kappa shape index (κ2) is 7.74. The Morgan fingerprint density at radius 3 is 2.11 bits per heavy atom. The van der Waals surface area contributed by atoms with Crippen LogP contribution < -0.4 is 5.32 Å². The summed E-state index contributed by atoms with van der Waals surface area (Å²) in [5.74, 6) is 0.485. The number of rotatable bonds is 5. The molecule has 1 saturated carbocycles. The fourth-order valence-corrected chi connectivity index (χ4v) is 2.09. The van der Waals surface area contributed by atoms with Crippen LogP contribution in [0.15, 0.2) is 12.7 Å². The van der Waals surface area contributed by atoms with Gasteiger partial charge in [-0.2, -0.15) is 0 Å². The largest absolute Gasteiger partial charge is 0.462 e. The van der Waals surface area contributed by atoms with Crippen LogP contribution in [0.25, 0.3) is 0 Å². The summed E-state index contributed by atoms with van der Waals surface area (Å²) in [7, 11) is 1.55. The van der Waals surface area contributed by atoms with Gasteiger partial charge in [0.25, 0.3) is 0 Å². The van der Waals surface area contributed by atoms with E-state index in [1.54, 1.807) is 7.05 Å². The predicted molar refractivity (Wildman–Crippen MR) is 67.0 cm³/mol. The molecule has 1 fully saturated rings. The molecule has 0 unspecified atom stereocenters. The molecule has 1 rings (SSSR count). The van der Waals surface area contributed by atoms with E-state index in [1.165, 1.54) is 6.08 Å². The lowest BCUT2D eigenvalue weighted by molar-refractivity contribution is -0.139. The topological polar surface area (TPSA) is 64.6 Å². The van der Waals surface area contributed by atoms with E-state index in [4.69, 9.17) is 9.47 Å². The average Bonchev–Trinajstić information content (AvgIpc) is 2.43. The van der Waals surface area contributed by atoms with Gasteiger partial charge in [0, 0.05) is 13.1 Å². The van der Waals surface area contributed by atoms with Gasteiger partial charge in [0.15, 0.2) is 0 Å². The lowest BCUT2D eigenvalue weighted by atomic mass is 9.83. The maximum atomic E-state index is 10.9. The number of ether oxygens (including phenoxy) is 2. The van der Waals surface area contributed by atoms with Gasteiger partial charge in [-0.3, -0.25) is 0 Å². The van der Waals surface area contributed by atoms with Crippen LogP contribution >= 0.6 is 0 Å². The van der Waals surface area contributed by atoms with Gasteiger partial charge in [0.05, 0.1) is 13.2 Å². The third-order valence-corrected chi connectivity index (χ3v) is 3.25. The number of esters is 1. The quantitative estimate of drug-likeness (QED) is 0.601. The van der Waals surface area contributed by atoms with E-state index in [0.29, 0.717) is 25.0 Å². The normalized spacial score (nSPS) is 22.9. The maximum absolute atomic E-state index is 10.9. The second-order valence-corrected chi connectivity index (χ2v) is 4.57. The molecule has 1 aliphatic rings. The molecule has 0 bridgehead atoms. The summed E-state index contributed by atoms with van der Waals surface area (Å²) < 4.78 is 10.1. The van der Waals surface area contributed by atoms with E-state index in [0.717, 1.165) is 25.7 Å². The molecule has 0 heterocycles. The molecule has 1 N–H and O–H groups in total. The Hall–Kier alpha value is -1.52. The molecule has 0 spiro atoms. The second-order valence-electron chi connectivity index (χ2n) is 4.57. The minimum atomic E-state index is -0.378. The average molecular weight is 255 g/mol. The summed E-state index contributed by atoms with van der Waals surface area (Å²) in [5, 5.41) is 2.42. The summed E-state index contributed by atoms with van der Waals surface area (Å²) in [6.45, 7) is 4.29. The molecule has 0 aliphatic heterocycles. The number of amides is 1. The Morgan fingerprint density at radius 1 is 1.17 bits per heavy atom. The van der Waals surface area contributed by atoms with Crippen molar-refractivity contribution in [1.29, 1.82) is 0 Å². The van der Waals surface area contributed by atoms with Gasteiger partial charge in [0.2, 0.25) is 0 Å². The zero-order valence-electron chi connectivity index (χ0n) is 10.8. The Kier molecular flexibility index (Phi) is 6.25. The van der Waals surface area contributed by atoms with Crippen molar-refractivity contribution in [2.24, 2.45) is 11.8 Å². The van der Waals surface area contributed by atoms with Crippen LogP contribution in [0, 0.1) is 11.8 Å². The molecule has 1 amide bonds. The third kappa shape index (κ3) is 5.21. The summed E-state index contributed by atoms with van der Waals surface area (Å²) in [6.07, 6.45) is 4.83. The first-order valence-corrected chi connectivity index (χ1v) is 6.29. The van der Waals surface area contributed by atoms with Gasteiger partial charge in [0.1, 0.15) is 0 Å². The van der Waals surface area contributed by atoms with Gasteiger partial charge in [-0.1, -0.05) is 6.58 Å². The molecule has 18 heavy (non-hydrogen) atoms. The first-order valence-electron chi connectivity index (χ1n) is 6.29. The van der Waals surface area contributed by atoms with Gasteiger partial charge in [-0.25, -0.2) is 9.59 Å². The van der Waals surface area contributed by atoms with Crippen molar-refractivity contribution in [2.75, 3.05) is 20.3 Å². The molecule has 0 aromatic heterocycles. The van der Waals surface area contributed by atoms with Crippen molar-refractivity contribution in [3.63, 3.8) is 0 Å². The minimum absolute atomic E-state index is 0.361. The molecule has 0 saturated heterocycles. The van der Waals surface area contributed by atoms with Gasteiger partial charge < -0.3 is 14.8 Å². The highest BCUT2D eigenvalue weighted by molar-refractivity contribution is 5.81. The van der Waals surface area contributed by atoms with E-state index >= 15 is 0 Å². The van der Waals surface area contributed by atoms with Crippen LogP contribution in [0.4, 0.5) is 4.79 Å². The van der Waals surface area contributed by atoms with E-state index in [1.807, 2.05) is 0 Å². The van der Waals surface area contributed by atoms with Crippen molar-refractivity contribution < 1.29 is 19.1 Å². The van der Waals surface area contributed by atoms with Crippen molar-refractivity contribution in [1.82, 2.24) is 5.32 Å². The van der Waals surface area contributed by atoms with Crippen LogP contribution in [0.5, 0.6) is 0 Å². The smallest absolute Gasteiger partial charge is 0.406 e. The Balaban J connectivity index is 2.14. The van der Waals surface area contributed by atoms with Crippen LogP contribution in [0.1, 0.15) is 25.7 Å². The molecule has 102 valence electrons. The van der Waals surface area contributed by atoms with Gasteiger partial charge in [-0.05, 0) is 37.5 Å². The predicted octanol–water partition coefficient (Wildman–Crippen LogP) is 1.88. The van der Waals surface area contributed by atoms with Crippen molar-refractivity contribution >= 4 is 12.1 Å². The van der Waals surface area contributed by atoms with Gasteiger partial charge in [-0.15, -0.1) is 0 Å². The monoisotopic (exact) mass is 255 g/mol. The minimum Gasteiger partial charge on any atom is -0.462 e. The standard InChI is InChI=1S/C13H21NO4/c1-3-12(15)17-8-10-4-6-11(7-5-10)9-18-13(16)14-2/h3,10-11H,1,4-9H2,2H3,(H,14,16). The zero-order valence-corrected chi connectivity index (χ0v) is 10.8. The molecule has 1 aliphatic carbocycles. The highest BCUT2D eigenvalue weighted by Gasteiger charge is 2.22. The van der Waals surface area contributed by atoms with Crippen LogP contribution in [0.3, 0.4) is 0 Å². The molecule has 5 nitrogen and oxygen atoms in total. The molecular formula is C13H21NO4. The van der Waals surface area contributed by atoms with Crippen molar-refractivity contribution in [3.05, 3.63) is 12.7 Å². The molecule has 5 heteroatoms. The van der Waals surface area contributed by atoms with Crippen molar-refractivity contribution in [2.45, 2.75) is 25.7 Å². The SMILES string of the molecule is C=CC(=O)OCC1CCC(COC(=O)NC)CC1. The summed E-state index contributed by atoms with van der Waals surface area (Å²) in [5.41, 5.74) is 0. The fourth-order valence-electron chi connectivity index (χ4n) is 2.09. The summed E-state index contributed by atoms with van der Waals surface area (Å²) in [4.78, 5) is 21.9. The molecule has 0 atom stereocenters. The Bertz CT molecular complexity index is 295. The third-order valence-electron chi connectivity index (χ3n) is 3.25. The Labute approximate surface area is 108 Å². The van der Waals surface area contributed by atoms with Crippen molar-refractivity contribution in [3.8, 4) is 0 Å². The van der Waals surface area contributed by atoms with E-state index in [-0.39, 0.29) is 12.1 Å². The zero-order chi connectivity index (χ0) is 13.4. The van der Waals surface area contributed by atoms with Crippen LogP contribution in [-0.2, 0) is 14.3 Å². The van der Waals surface area contributed by atoms with Crippen LogP contribution in [-0.4, -0.2) is 32.3 Å². The first-order chi connectivity index (χ1) is 8.65. The summed E-state index contributed by atoms with van der Waals surface area (Å²) in [6, 6.07) is 0.